The molecule has 4 N–H and O–H groups in total. The molecule has 1 aromatic rings. The molecule has 0 aliphatic heterocycles. The zero-order valence-corrected chi connectivity index (χ0v) is 11.9. The Kier molecular flexibility index (Phi) is 6.24. The van der Waals surface area contributed by atoms with Gasteiger partial charge in [-0.2, -0.15) is 0 Å². The number of nitrogens with one attached hydrogen (secondary N) is 2. The number of anilines is 1. The maximum atomic E-state index is 11.8. The van der Waals surface area contributed by atoms with Crippen LogP contribution in [0, 0.1) is 0 Å². The summed E-state index contributed by atoms with van der Waals surface area (Å²) in [7, 11) is -3.73. The van der Waals surface area contributed by atoms with E-state index in [1.54, 1.807) is 0 Å². The molecule has 19 heavy (non-hydrogen) atoms. The fourth-order valence-electron chi connectivity index (χ4n) is 1.01. The van der Waals surface area contributed by atoms with Crippen LogP contribution in [-0.2, 0) is 19.6 Å². The summed E-state index contributed by atoms with van der Waals surface area (Å²) in [5, 5.41) is 9.54. The molecule has 1 aromatic heterocycles. The number of hydrogen-bond donors (Lipinski definition) is 3. The van der Waals surface area contributed by atoms with E-state index in [-0.39, 0.29) is 28.5 Å². The molecule has 0 spiro atoms. The third-order valence-electron chi connectivity index (χ3n) is 1.72. The van der Waals surface area contributed by atoms with E-state index in [1.807, 2.05) is 0 Å². The molecule has 11 heteroatoms. The van der Waals surface area contributed by atoms with E-state index in [1.165, 1.54) is 6.92 Å². The molecule has 0 unspecified atom stereocenters. The Labute approximate surface area is 114 Å². The second-order valence-corrected chi connectivity index (χ2v) is 6.27. The molecule has 1 amide bonds. The van der Waals surface area contributed by atoms with E-state index in [0.29, 0.717) is 13.2 Å². The van der Waals surface area contributed by atoms with Gasteiger partial charge in [0.05, 0.1) is 13.2 Å². The van der Waals surface area contributed by atoms with E-state index in [2.05, 4.69) is 20.2 Å². The fraction of sp³-hybridized carbons (Fsp3) is 0.625. The molecule has 0 aromatic carbocycles. The summed E-state index contributed by atoms with van der Waals surface area (Å²) in [5.74, 6) is -0.344. The first kappa shape index (κ1) is 15.9. The van der Waals surface area contributed by atoms with Crippen LogP contribution >= 0.6 is 11.3 Å². The van der Waals surface area contributed by atoms with Gasteiger partial charge < -0.3 is 15.8 Å². The van der Waals surface area contributed by atoms with Crippen molar-refractivity contribution in [3.63, 3.8) is 0 Å². The lowest BCUT2D eigenvalue weighted by molar-refractivity contribution is -0.114. The zero-order chi connectivity index (χ0) is 14.3. The molecule has 108 valence electrons. The normalized spacial score (nSPS) is 11.5. The summed E-state index contributed by atoms with van der Waals surface area (Å²) in [6, 6.07) is 0. The van der Waals surface area contributed by atoms with Gasteiger partial charge in [-0.3, -0.25) is 4.79 Å². The van der Waals surface area contributed by atoms with Crippen molar-refractivity contribution >= 4 is 32.4 Å². The largest absolute Gasteiger partial charge is 0.379 e. The van der Waals surface area contributed by atoms with Crippen LogP contribution < -0.4 is 15.8 Å². The van der Waals surface area contributed by atoms with Gasteiger partial charge >= 0.3 is 0 Å². The summed E-state index contributed by atoms with van der Waals surface area (Å²) in [4.78, 5) is 10.8. The summed E-state index contributed by atoms with van der Waals surface area (Å²) in [5.41, 5.74) is 5.22. The summed E-state index contributed by atoms with van der Waals surface area (Å²) < 4.78 is 30.7. The van der Waals surface area contributed by atoms with E-state index >= 15 is 0 Å². The molecule has 0 aliphatic carbocycles. The lowest BCUT2D eigenvalue weighted by Gasteiger charge is -2.03. The molecule has 0 saturated carbocycles. The number of rotatable bonds is 8. The van der Waals surface area contributed by atoms with Crippen LogP contribution in [0.1, 0.15) is 6.92 Å². The lowest BCUT2D eigenvalue weighted by atomic mass is 10.7. The minimum Gasteiger partial charge on any atom is -0.379 e. The molecule has 1 heterocycles. The minimum atomic E-state index is -3.73. The fourth-order valence-corrected chi connectivity index (χ4v) is 3.01. The van der Waals surface area contributed by atoms with Crippen molar-refractivity contribution in [2.75, 3.05) is 31.6 Å². The van der Waals surface area contributed by atoms with Crippen LogP contribution in [0.4, 0.5) is 5.13 Å². The van der Waals surface area contributed by atoms with Crippen molar-refractivity contribution in [1.82, 2.24) is 14.9 Å². The highest BCUT2D eigenvalue weighted by molar-refractivity contribution is 7.91. The topological polar surface area (TPSA) is 136 Å². The summed E-state index contributed by atoms with van der Waals surface area (Å²) >= 11 is 0.771. The highest BCUT2D eigenvalue weighted by Gasteiger charge is 2.19. The number of nitrogens with two attached hydrogens (primary N) is 1. The molecule has 9 nitrogen and oxygen atoms in total. The average Bonchev–Trinajstić information content (AvgIpc) is 2.77. The van der Waals surface area contributed by atoms with E-state index in [9.17, 15) is 13.2 Å². The standard InChI is InChI=1S/C8H15N5O4S2/c1-6(14)11-7-12-13-8(18-7)19(15,16)10-3-5-17-4-2-9/h10H,2-5,9H2,1H3,(H,11,12,14). The van der Waals surface area contributed by atoms with Gasteiger partial charge in [0.25, 0.3) is 10.0 Å². The summed E-state index contributed by atoms with van der Waals surface area (Å²) in [6.07, 6.45) is 0. The van der Waals surface area contributed by atoms with Gasteiger partial charge in [-0.15, -0.1) is 10.2 Å². The second kappa shape index (κ2) is 7.45. The Morgan fingerprint density at radius 2 is 2.16 bits per heavy atom. The van der Waals surface area contributed by atoms with Crippen molar-refractivity contribution in [3.8, 4) is 0 Å². The highest BCUT2D eigenvalue weighted by Crippen LogP contribution is 2.19. The van der Waals surface area contributed by atoms with Crippen LogP contribution in [0.25, 0.3) is 0 Å². The molecule has 0 aliphatic rings. The number of carbonyl (C=O) groups is 1. The van der Waals surface area contributed by atoms with Crippen molar-refractivity contribution in [2.24, 2.45) is 5.73 Å². The maximum Gasteiger partial charge on any atom is 0.269 e. The van der Waals surface area contributed by atoms with E-state index in [0.717, 1.165) is 11.3 Å². The number of hydrogen-bond acceptors (Lipinski definition) is 8. The molecular formula is C8H15N5O4S2. The third kappa shape index (κ3) is 5.57. The first-order valence-corrected chi connectivity index (χ1v) is 7.64. The van der Waals surface area contributed by atoms with Gasteiger partial charge in [0.2, 0.25) is 15.4 Å². The second-order valence-electron chi connectivity index (χ2n) is 3.35. The van der Waals surface area contributed by atoms with Crippen LogP contribution in [0.3, 0.4) is 0 Å². The first-order chi connectivity index (χ1) is 8.95. The molecule has 0 bridgehead atoms. The van der Waals surface area contributed by atoms with Crippen LogP contribution in [-0.4, -0.2) is 50.8 Å². The first-order valence-electron chi connectivity index (χ1n) is 5.34. The number of ether oxygens (including phenoxy) is 1. The predicted octanol–water partition coefficient (Wildman–Crippen LogP) is -1.25. The Balaban J connectivity index is 2.52. The quantitative estimate of drug-likeness (QED) is 0.403. The van der Waals surface area contributed by atoms with Crippen LogP contribution in [0.5, 0.6) is 0 Å². The molecule has 0 saturated heterocycles. The number of carbonyl (C=O) groups excluding carboxylic acids is 1. The number of nitrogens with zero attached hydrogens (tertiary/aromatic N) is 2. The number of amides is 1. The Hall–Kier alpha value is -1.14. The van der Waals surface area contributed by atoms with E-state index in [4.69, 9.17) is 10.5 Å². The average molecular weight is 309 g/mol. The molecule has 0 atom stereocenters. The van der Waals surface area contributed by atoms with Gasteiger partial charge in [0, 0.05) is 20.0 Å². The van der Waals surface area contributed by atoms with Gasteiger partial charge in [0.15, 0.2) is 0 Å². The number of sulfonamides is 1. The SMILES string of the molecule is CC(=O)Nc1nnc(S(=O)(=O)NCCOCCN)s1. The van der Waals surface area contributed by atoms with Gasteiger partial charge in [-0.1, -0.05) is 11.3 Å². The predicted molar refractivity (Wildman–Crippen MR) is 69.3 cm³/mol. The monoisotopic (exact) mass is 309 g/mol. The van der Waals surface area contributed by atoms with Crippen molar-refractivity contribution in [2.45, 2.75) is 11.3 Å². The molecule has 0 radical (unpaired) electrons. The van der Waals surface area contributed by atoms with Gasteiger partial charge in [-0.05, 0) is 0 Å². The highest BCUT2D eigenvalue weighted by atomic mass is 32.2. The lowest BCUT2D eigenvalue weighted by Crippen LogP contribution is -2.28. The zero-order valence-electron chi connectivity index (χ0n) is 10.2. The minimum absolute atomic E-state index is 0.109. The van der Waals surface area contributed by atoms with Crippen LogP contribution in [0.2, 0.25) is 0 Å². The maximum absolute atomic E-state index is 11.8. The van der Waals surface area contributed by atoms with Crippen molar-refractivity contribution in [3.05, 3.63) is 0 Å². The van der Waals surface area contributed by atoms with Crippen molar-refractivity contribution in [1.29, 1.82) is 0 Å². The Morgan fingerprint density at radius 1 is 1.42 bits per heavy atom. The molecular weight excluding hydrogens is 294 g/mol. The third-order valence-corrected chi connectivity index (χ3v) is 4.39. The Morgan fingerprint density at radius 3 is 2.79 bits per heavy atom. The smallest absolute Gasteiger partial charge is 0.269 e. The van der Waals surface area contributed by atoms with E-state index < -0.39 is 10.0 Å². The van der Waals surface area contributed by atoms with Gasteiger partial charge in [-0.25, -0.2) is 13.1 Å². The number of aromatic nitrogens is 2. The van der Waals surface area contributed by atoms with Crippen molar-refractivity contribution < 1.29 is 17.9 Å². The van der Waals surface area contributed by atoms with Gasteiger partial charge in [0.1, 0.15) is 0 Å². The molecule has 0 fully saturated rings. The van der Waals surface area contributed by atoms with Crippen LogP contribution in [0.15, 0.2) is 4.34 Å². The Bertz CT molecular complexity index is 515. The molecule has 1 rings (SSSR count). The summed E-state index contributed by atoms with van der Waals surface area (Å²) in [6.45, 7) is 2.37.